The normalized spacial score (nSPS) is 11.3. The number of nitrogens with zero attached hydrogens (tertiary/aromatic N) is 2. The highest BCUT2D eigenvalue weighted by Gasteiger charge is 2.15. The number of sulfonamides is 1. The number of anilines is 1. The molecule has 0 amide bonds. The smallest absolute Gasteiger partial charge is 0.240 e. The number of aromatic nitrogens is 1. The van der Waals surface area contributed by atoms with Crippen LogP contribution in [0.2, 0.25) is 0 Å². The lowest BCUT2D eigenvalue weighted by atomic mass is 10.2. The number of pyridine rings is 1. The van der Waals surface area contributed by atoms with E-state index in [1.807, 2.05) is 59.4 Å². The second kappa shape index (κ2) is 9.48. The highest BCUT2D eigenvalue weighted by atomic mass is 32.2. The number of hydrogen-bond acceptors (Lipinski definition) is 3. The fourth-order valence-corrected chi connectivity index (χ4v) is 4.12. The van der Waals surface area contributed by atoms with Crippen molar-refractivity contribution in [1.29, 1.82) is 0 Å². The molecule has 0 aliphatic rings. The zero-order valence-corrected chi connectivity index (χ0v) is 16.8. The molecular formula is C22H26N3O2S+. The summed E-state index contributed by atoms with van der Waals surface area (Å²) in [6.07, 6.45) is 3.83. The summed E-state index contributed by atoms with van der Waals surface area (Å²) in [5.41, 5.74) is 2.09. The lowest BCUT2D eigenvalue weighted by Crippen LogP contribution is -2.39. The summed E-state index contributed by atoms with van der Waals surface area (Å²) in [4.78, 5) is 2.51. The van der Waals surface area contributed by atoms with E-state index < -0.39 is 10.0 Å². The summed E-state index contributed by atoms with van der Waals surface area (Å²) >= 11 is 0. The quantitative estimate of drug-likeness (QED) is 0.566. The molecule has 5 nitrogen and oxygen atoms in total. The van der Waals surface area contributed by atoms with E-state index in [0.29, 0.717) is 24.5 Å². The summed E-state index contributed by atoms with van der Waals surface area (Å²) in [6, 6.07) is 23.1. The predicted molar refractivity (Wildman–Crippen MR) is 111 cm³/mol. The number of para-hydroxylation sites is 1. The van der Waals surface area contributed by atoms with Gasteiger partial charge in [-0.2, -0.15) is 0 Å². The van der Waals surface area contributed by atoms with E-state index >= 15 is 0 Å². The van der Waals surface area contributed by atoms with Crippen LogP contribution in [-0.2, 0) is 23.1 Å². The van der Waals surface area contributed by atoms with Crippen molar-refractivity contribution in [2.75, 3.05) is 18.0 Å². The van der Waals surface area contributed by atoms with Crippen LogP contribution in [0.1, 0.15) is 12.5 Å². The monoisotopic (exact) mass is 396 g/mol. The zero-order valence-electron chi connectivity index (χ0n) is 16.0. The number of benzene rings is 2. The van der Waals surface area contributed by atoms with Gasteiger partial charge in [-0.05, 0) is 36.8 Å². The number of hydrogen-bond donors (Lipinski definition) is 1. The summed E-state index contributed by atoms with van der Waals surface area (Å²) < 4.78 is 30.0. The Morgan fingerprint density at radius 1 is 0.929 bits per heavy atom. The molecule has 0 fully saturated rings. The van der Waals surface area contributed by atoms with E-state index in [4.69, 9.17) is 0 Å². The average Bonchev–Trinajstić information content (AvgIpc) is 2.73. The third kappa shape index (κ3) is 5.41. The van der Waals surface area contributed by atoms with E-state index in [0.717, 1.165) is 17.8 Å². The molecule has 0 aliphatic carbocycles. The summed E-state index contributed by atoms with van der Waals surface area (Å²) in [5.74, 6) is 0. The first-order valence-corrected chi connectivity index (χ1v) is 10.9. The molecule has 0 radical (unpaired) electrons. The molecule has 28 heavy (non-hydrogen) atoms. The summed E-state index contributed by atoms with van der Waals surface area (Å²) in [5, 5.41) is 0. The minimum absolute atomic E-state index is 0.298. The molecule has 0 saturated carbocycles. The van der Waals surface area contributed by atoms with Gasteiger partial charge >= 0.3 is 0 Å². The third-order valence-corrected chi connectivity index (χ3v) is 5.98. The second-order valence-corrected chi connectivity index (χ2v) is 8.28. The molecule has 3 rings (SSSR count). The maximum absolute atomic E-state index is 12.7. The largest absolute Gasteiger partial charge is 0.367 e. The maximum atomic E-state index is 12.7. The molecule has 1 aromatic heterocycles. The Morgan fingerprint density at radius 3 is 2.36 bits per heavy atom. The molecule has 1 N–H and O–H groups in total. The Labute approximate surface area is 167 Å². The topological polar surface area (TPSA) is 53.3 Å². The van der Waals surface area contributed by atoms with Crippen LogP contribution >= 0.6 is 0 Å². The van der Waals surface area contributed by atoms with Gasteiger partial charge in [0.15, 0.2) is 18.9 Å². The summed E-state index contributed by atoms with van der Waals surface area (Å²) in [6.45, 7) is 4.51. The standard InChI is InChI=1S/C22H26N3O2S/c1-2-25(21-11-5-3-6-12-21)19-20-10-9-13-22(18-20)28(26,27)23-14-17-24-15-7-4-8-16-24/h3-13,15-16,18,23H,2,14,17,19H2,1H3/q+1. The summed E-state index contributed by atoms with van der Waals surface area (Å²) in [7, 11) is -3.54. The van der Waals surface area contributed by atoms with Gasteiger partial charge in [-0.15, -0.1) is 0 Å². The Balaban J connectivity index is 1.67. The highest BCUT2D eigenvalue weighted by molar-refractivity contribution is 7.89. The van der Waals surface area contributed by atoms with Crippen molar-refractivity contribution >= 4 is 15.7 Å². The first kappa shape index (κ1) is 20.0. The Kier molecular flexibility index (Phi) is 6.79. The molecule has 146 valence electrons. The van der Waals surface area contributed by atoms with E-state index in [2.05, 4.69) is 28.7 Å². The highest BCUT2D eigenvalue weighted by Crippen LogP contribution is 2.18. The SMILES string of the molecule is CCN(Cc1cccc(S(=O)(=O)NCC[n+]2ccccc2)c1)c1ccccc1. The van der Waals surface area contributed by atoms with Crippen molar-refractivity contribution in [3.05, 3.63) is 90.8 Å². The fourth-order valence-electron chi connectivity index (χ4n) is 3.03. The van der Waals surface area contributed by atoms with Crippen LogP contribution in [0.3, 0.4) is 0 Å². The molecule has 3 aromatic rings. The average molecular weight is 397 g/mol. The van der Waals surface area contributed by atoms with Crippen LogP contribution in [0.15, 0.2) is 90.1 Å². The second-order valence-electron chi connectivity index (χ2n) is 6.51. The van der Waals surface area contributed by atoms with Gasteiger partial charge in [0.25, 0.3) is 0 Å². The molecule has 1 heterocycles. The van der Waals surface area contributed by atoms with Crippen molar-refractivity contribution in [1.82, 2.24) is 4.72 Å². The first-order chi connectivity index (χ1) is 13.6. The van der Waals surface area contributed by atoms with Crippen molar-refractivity contribution < 1.29 is 13.0 Å². The minimum Gasteiger partial charge on any atom is -0.367 e. The van der Waals surface area contributed by atoms with E-state index in [9.17, 15) is 8.42 Å². The van der Waals surface area contributed by atoms with Crippen molar-refractivity contribution in [3.63, 3.8) is 0 Å². The fraction of sp³-hybridized carbons (Fsp3) is 0.227. The number of rotatable bonds is 9. The van der Waals surface area contributed by atoms with E-state index in [-0.39, 0.29) is 0 Å². The van der Waals surface area contributed by atoms with Gasteiger partial charge in [0.2, 0.25) is 10.0 Å². The zero-order chi connectivity index (χ0) is 19.8. The molecule has 0 unspecified atom stereocenters. The van der Waals surface area contributed by atoms with E-state index in [1.165, 1.54) is 0 Å². The van der Waals surface area contributed by atoms with Crippen LogP contribution < -0.4 is 14.2 Å². The van der Waals surface area contributed by atoms with Crippen molar-refractivity contribution in [2.45, 2.75) is 24.9 Å². The van der Waals surface area contributed by atoms with Crippen LogP contribution in [0.5, 0.6) is 0 Å². The van der Waals surface area contributed by atoms with Gasteiger partial charge < -0.3 is 4.90 Å². The van der Waals surface area contributed by atoms with Gasteiger partial charge in [0.05, 0.1) is 11.4 Å². The minimum atomic E-state index is -3.54. The number of nitrogens with one attached hydrogen (secondary N) is 1. The lowest BCUT2D eigenvalue weighted by molar-refractivity contribution is -0.694. The van der Waals surface area contributed by atoms with Crippen LogP contribution in [0.4, 0.5) is 5.69 Å². The van der Waals surface area contributed by atoms with E-state index in [1.54, 1.807) is 18.2 Å². The molecule has 0 spiro atoms. The van der Waals surface area contributed by atoms with Gasteiger partial charge in [-0.1, -0.05) is 36.4 Å². The van der Waals surface area contributed by atoms with Gasteiger partial charge in [0.1, 0.15) is 0 Å². The maximum Gasteiger partial charge on any atom is 0.240 e. The third-order valence-electron chi connectivity index (χ3n) is 4.52. The Hall–Kier alpha value is -2.70. The Morgan fingerprint density at radius 2 is 1.64 bits per heavy atom. The van der Waals surface area contributed by atoms with Crippen LogP contribution in [0.25, 0.3) is 0 Å². The van der Waals surface area contributed by atoms with Crippen molar-refractivity contribution in [2.24, 2.45) is 0 Å². The molecule has 0 aliphatic heterocycles. The molecule has 6 heteroatoms. The van der Waals surface area contributed by atoms with Crippen LogP contribution in [0, 0.1) is 0 Å². The van der Waals surface area contributed by atoms with Gasteiger partial charge in [-0.25, -0.2) is 17.7 Å². The Bertz CT molecular complexity index is 977. The first-order valence-electron chi connectivity index (χ1n) is 9.41. The van der Waals surface area contributed by atoms with Crippen molar-refractivity contribution in [3.8, 4) is 0 Å². The molecule has 2 aromatic carbocycles. The van der Waals surface area contributed by atoms with Gasteiger partial charge in [-0.3, -0.25) is 0 Å². The molecule has 0 saturated heterocycles. The molecule has 0 atom stereocenters. The van der Waals surface area contributed by atoms with Crippen LogP contribution in [-0.4, -0.2) is 21.5 Å². The van der Waals surface area contributed by atoms with Gasteiger partial charge in [0, 0.05) is 30.9 Å². The predicted octanol–water partition coefficient (Wildman–Crippen LogP) is 2.98. The molecular weight excluding hydrogens is 370 g/mol. The lowest BCUT2D eigenvalue weighted by Gasteiger charge is -2.23. The molecule has 0 bridgehead atoms.